The quantitative estimate of drug-likeness (QED) is 0.291. The zero-order valence-corrected chi connectivity index (χ0v) is 19.9. The molecule has 0 bridgehead atoms. The third kappa shape index (κ3) is 4.68. The van der Waals surface area contributed by atoms with E-state index in [4.69, 9.17) is 10.1 Å². The van der Waals surface area contributed by atoms with E-state index in [0.29, 0.717) is 34.4 Å². The average molecular weight is 502 g/mol. The number of carbonyl (C=O) groups is 1. The first kappa shape index (κ1) is 23.0. The number of hydrogen-bond acceptors (Lipinski definition) is 6. The molecule has 4 aromatic heterocycles. The molecule has 0 saturated heterocycles. The number of nitrogens with zero attached hydrogens (tertiary/aromatic N) is 5. The number of amides is 1. The summed E-state index contributed by atoms with van der Waals surface area (Å²) in [5.41, 5.74) is 5.23. The summed E-state index contributed by atoms with van der Waals surface area (Å²) in [6.45, 7) is 0. The molecule has 0 aliphatic carbocycles. The summed E-state index contributed by atoms with van der Waals surface area (Å²) in [6.07, 6.45) is 5.08. The first-order chi connectivity index (χ1) is 18.6. The Morgan fingerprint density at radius 2 is 1.68 bits per heavy atom. The van der Waals surface area contributed by atoms with Gasteiger partial charge >= 0.3 is 0 Å². The molecule has 0 radical (unpaired) electrons. The highest BCUT2D eigenvalue weighted by molar-refractivity contribution is 6.03. The van der Waals surface area contributed by atoms with E-state index in [0.717, 1.165) is 16.6 Å². The first-order valence-corrected chi connectivity index (χ1v) is 11.8. The number of halogens is 1. The van der Waals surface area contributed by atoms with Gasteiger partial charge in [0.2, 0.25) is 5.95 Å². The van der Waals surface area contributed by atoms with Crippen LogP contribution in [0.15, 0.2) is 110 Å². The molecule has 2 N–H and O–H groups in total. The van der Waals surface area contributed by atoms with E-state index >= 15 is 0 Å². The predicted octanol–water partition coefficient (Wildman–Crippen LogP) is 5.99. The number of aromatic nitrogens is 5. The Bertz CT molecular complexity index is 1770. The van der Waals surface area contributed by atoms with Crippen LogP contribution in [-0.4, -0.2) is 30.5 Å². The Labute approximate surface area is 216 Å². The van der Waals surface area contributed by atoms with Gasteiger partial charge in [0.15, 0.2) is 0 Å². The lowest BCUT2D eigenvalue weighted by atomic mass is 10.0. The maximum atomic E-state index is 13.7. The minimum atomic E-state index is -0.355. The maximum absolute atomic E-state index is 13.7. The molecule has 0 atom stereocenters. The number of fused-ring (bicyclic) bond motifs is 1. The van der Waals surface area contributed by atoms with Gasteiger partial charge in [0.05, 0.1) is 16.8 Å². The van der Waals surface area contributed by atoms with Crippen LogP contribution in [0, 0.1) is 5.82 Å². The maximum Gasteiger partial charge on any atom is 0.274 e. The molecule has 0 saturated carbocycles. The lowest BCUT2D eigenvalue weighted by molar-refractivity contribution is 0.102. The van der Waals surface area contributed by atoms with E-state index in [1.807, 2.05) is 48.7 Å². The summed E-state index contributed by atoms with van der Waals surface area (Å²) in [6, 6.07) is 26.3. The lowest BCUT2D eigenvalue weighted by Crippen LogP contribution is -2.13. The van der Waals surface area contributed by atoms with Crippen molar-refractivity contribution < 1.29 is 9.18 Å². The Morgan fingerprint density at radius 1 is 0.816 bits per heavy atom. The van der Waals surface area contributed by atoms with Gasteiger partial charge < -0.3 is 10.6 Å². The normalized spacial score (nSPS) is 10.9. The molecule has 6 rings (SSSR count). The second kappa shape index (κ2) is 9.90. The van der Waals surface area contributed by atoms with Crippen molar-refractivity contribution in [3.8, 4) is 22.5 Å². The molecule has 2 aromatic carbocycles. The largest absolute Gasteiger partial charge is 0.324 e. The SMILES string of the molecule is O=C(Nc1cccc(-c2nn3ccccc3c2-c2ccnc(Nc3cccc(F)c3)n2)c1)c1ccccn1. The average Bonchev–Trinajstić information content (AvgIpc) is 3.34. The van der Waals surface area contributed by atoms with Crippen molar-refractivity contribution in [2.75, 3.05) is 10.6 Å². The standard InChI is InChI=1S/C29H20FN7O/c30-20-8-6-10-22(18-20)34-29-32-15-13-23(35-29)26-25-12-2-4-16-37(25)36-27(26)19-7-5-9-21(17-19)33-28(38)24-11-1-3-14-31-24/h1-18H,(H,33,38)(H,32,34,35). The molecule has 4 heterocycles. The van der Waals surface area contributed by atoms with Crippen molar-refractivity contribution in [1.82, 2.24) is 24.6 Å². The highest BCUT2D eigenvalue weighted by Crippen LogP contribution is 2.35. The molecule has 0 spiro atoms. The van der Waals surface area contributed by atoms with E-state index in [1.165, 1.54) is 12.1 Å². The van der Waals surface area contributed by atoms with Gasteiger partial charge in [-0.2, -0.15) is 5.10 Å². The first-order valence-electron chi connectivity index (χ1n) is 11.8. The van der Waals surface area contributed by atoms with Crippen LogP contribution >= 0.6 is 0 Å². The number of nitrogens with one attached hydrogen (secondary N) is 2. The summed E-state index contributed by atoms with van der Waals surface area (Å²) >= 11 is 0. The van der Waals surface area contributed by atoms with Crippen molar-refractivity contribution in [2.45, 2.75) is 0 Å². The molecular weight excluding hydrogens is 481 g/mol. The van der Waals surface area contributed by atoms with Crippen molar-refractivity contribution in [3.63, 3.8) is 0 Å². The molecule has 8 nitrogen and oxygen atoms in total. The zero-order valence-electron chi connectivity index (χ0n) is 19.9. The number of hydrogen-bond donors (Lipinski definition) is 2. The predicted molar refractivity (Wildman–Crippen MR) is 144 cm³/mol. The topological polar surface area (TPSA) is 97.1 Å². The minimum absolute atomic E-state index is 0.304. The number of carbonyl (C=O) groups excluding carboxylic acids is 1. The number of pyridine rings is 2. The van der Waals surface area contributed by atoms with E-state index in [2.05, 4.69) is 20.6 Å². The lowest BCUT2D eigenvalue weighted by Gasteiger charge is -2.09. The molecule has 6 aromatic rings. The molecule has 38 heavy (non-hydrogen) atoms. The Morgan fingerprint density at radius 3 is 2.55 bits per heavy atom. The van der Waals surface area contributed by atoms with Crippen LogP contribution in [0.1, 0.15) is 10.5 Å². The highest BCUT2D eigenvalue weighted by atomic mass is 19.1. The zero-order chi connectivity index (χ0) is 25.9. The third-order valence-electron chi connectivity index (χ3n) is 5.82. The number of anilines is 3. The van der Waals surface area contributed by atoms with Gasteiger partial charge in [-0.15, -0.1) is 0 Å². The molecule has 1 amide bonds. The molecule has 184 valence electrons. The molecule has 9 heteroatoms. The van der Waals surface area contributed by atoms with Gasteiger partial charge in [-0.25, -0.2) is 18.9 Å². The third-order valence-corrected chi connectivity index (χ3v) is 5.82. The van der Waals surface area contributed by atoms with Crippen LogP contribution in [0.2, 0.25) is 0 Å². The van der Waals surface area contributed by atoms with E-state index in [-0.39, 0.29) is 11.7 Å². The summed E-state index contributed by atoms with van der Waals surface area (Å²) in [5.74, 6) is -0.335. The van der Waals surface area contributed by atoms with Crippen molar-refractivity contribution in [3.05, 3.63) is 121 Å². The van der Waals surface area contributed by atoms with Crippen molar-refractivity contribution in [1.29, 1.82) is 0 Å². The summed E-state index contributed by atoms with van der Waals surface area (Å²) < 4.78 is 15.5. The van der Waals surface area contributed by atoms with E-state index in [9.17, 15) is 9.18 Å². The van der Waals surface area contributed by atoms with Gasteiger partial charge in [-0.3, -0.25) is 9.78 Å². The van der Waals surface area contributed by atoms with Gasteiger partial charge in [-0.05, 0) is 60.7 Å². The number of benzene rings is 2. The fourth-order valence-electron chi connectivity index (χ4n) is 4.14. The molecule has 0 unspecified atom stereocenters. The fraction of sp³-hybridized carbons (Fsp3) is 0. The van der Waals surface area contributed by atoms with Crippen LogP contribution in [0.25, 0.3) is 28.0 Å². The molecule has 0 fully saturated rings. The highest BCUT2D eigenvalue weighted by Gasteiger charge is 2.19. The minimum Gasteiger partial charge on any atom is -0.324 e. The molecule has 0 aliphatic rings. The summed E-state index contributed by atoms with van der Waals surface area (Å²) in [7, 11) is 0. The van der Waals surface area contributed by atoms with Crippen molar-refractivity contribution in [2.24, 2.45) is 0 Å². The van der Waals surface area contributed by atoms with Gasteiger partial charge in [-0.1, -0.05) is 30.3 Å². The van der Waals surface area contributed by atoms with E-state index < -0.39 is 0 Å². The summed E-state index contributed by atoms with van der Waals surface area (Å²) in [4.78, 5) is 25.8. The van der Waals surface area contributed by atoms with Gasteiger partial charge in [0.25, 0.3) is 5.91 Å². The van der Waals surface area contributed by atoms with Gasteiger partial charge in [0.1, 0.15) is 17.2 Å². The summed E-state index contributed by atoms with van der Waals surface area (Å²) in [5, 5.41) is 10.8. The second-order valence-electron chi connectivity index (χ2n) is 8.40. The van der Waals surface area contributed by atoms with Crippen LogP contribution in [-0.2, 0) is 0 Å². The monoisotopic (exact) mass is 501 g/mol. The fourth-order valence-corrected chi connectivity index (χ4v) is 4.14. The van der Waals surface area contributed by atoms with Crippen LogP contribution in [0.3, 0.4) is 0 Å². The van der Waals surface area contributed by atoms with E-state index in [1.54, 1.807) is 53.3 Å². The Hall–Kier alpha value is -5.44. The van der Waals surface area contributed by atoms with Crippen molar-refractivity contribution >= 4 is 28.7 Å². The van der Waals surface area contributed by atoms with Crippen LogP contribution in [0.4, 0.5) is 21.7 Å². The second-order valence-corrected chi connectivity index (χ2v) is 8.40. The Balaban J connectivity index is 1.40. The van der Waals surface area contributed by atoms with Crippen LogP contribution in [0.5, 0.6) is 0 Å². The smallest absolute Gasteiger partial charge is 0.274 e. The molecule has 0 aliphatic heterocycles. The molecular formula is C29H20FN7O. The Kier molecular flexibility index (Phi) is 5.99. The number of rotatable bonds is 6. The van der Waals surface area contributed by atoms with Gasteiger partial charge in [0, 0.05) is 35.5 Å². The van der Waals surface area contributed by atoms with Crippen LogP contribution < -0.4 is 10.6 Å².